The van der Waals surface area contributed by atoms with Gasteiger partial charge in [0.25, 0.3) is 0 Å². The Labute approximate surface area is 160 Å². The minimum Gasteiger partial charge on any atom is -0.353 e. The largest absolute Gasteiger partial charge is 0.353 e. The Hall–Kier alpha value is -0.980. The van der Waals surface area contributed by atoms with Crippen LogP contribution in [0.5, 0.6) is 0 Å². The predicted octanol–water partition coefficient (Wildman–Crippen LogP) is 2.13. The zero-order valence-electron chi connectivity index (χ0n) is 13.4. The molecule has 0 radical (unpaired) electrons. The molecule has 0 saturated carbocycles. The van der Waals surface area contributed by atoms with Crippen LogP contribution in [0.3, 0.4) is 0 Å². The van der Waals surface area contributed by atoms with E-state index in [4.69, 9.17) is 32.7 Å². The second-order valence-electron chi connectivity index (χ2n) is 5.25. The van der Waals surface area contributed by atoms with E-state index in [1.807, 2.05) is 0 Å². The van der Waals surface area contributed by atoms with E-state index >= 15 is 0 Å². The van der Waals surface area contributed by atoms with Crippen LogP contribution in [-0.4, -0.2) is 50.0 Å². The van der Waals surface area contributed by atoms with E-state index < -0.39 is 30.1 Å². The summed E-state index contributed by atoms with van der Waals surface area (Å²) in [7, 11) is -8.04. The Morgan fingerprint density at radius 2 is 1.08 bits per heavy atom. The number of rotatable bonds is 4. The van der Waals surface area contributed by atoms with E-state index in [9.17, 15) is 25.9 Å². The van der Waals surface area contributed by atoms with Crippen LogP contribution in [0.4, 0.5) is 0 Å². The third-order valence-corrected chi connectivity index (χ3v) is 6.90. The van der Waals surface area contributed by atoms with Crippen molar-refractivity contribution in [2.24, 2.45) is 0 Å². The number of halogens is 2. The number of hydrogen-bond acceptors (Lipinski definition) is 6. The van der Waals surface area contributed by atoms with Gasteiger partial charge in [-0.25, -0.2) is 0 Å². The van der Waals surface area contributed by atoms with E-state index in [2.05, 4.69) is 0 Å². The van der Waals surface area contributed by atoms with Gasteiger partial charge in [-0.2, -0.15) is 16.8 Å². The lowest BCUT2D eigenvalue weighted by atomic mass is 9.91. The highest BCUT2D eigenvalue weighted by atomic mass is 35.5. The highest BCUT2D eigenvalue weighted by Crippen LogP contribution is 2.44. The van der Waals surface area contributed by atoms with E-state index in [1.165, 1.54) is 12.2 Å². The van der Waals surface area contributed by atoms with Crippen molar-refractivity contribution in [1.29, 1.82) is 0 Å². The van der Waals surface area contributed by atoms with E-state index in [0.717, 1.165) is 38.5 Å². The molecule has 144 valence electrons. The number of hydrogen-bond donors (Lipinski definition) is 2. The monoisotopic (exact) mass is 444 g/mol. The average Bonchev–Trinajstić information content (AvgIpc) is 2.52. The lowest BCUT2D eigenvalue weighted by Gasteiger charge is -2.36. The first kappa shape index (κ1) is 21.3. The lowest BCUT2D eigenvalue weighted by Crippen LogP contribution is -2.47. The van der Waals surface area contributed by atoms with Crippen molar-refractivity contribution in [3.63, 3.8) is 0 Å². The molecule has 0 saturated heterocycles. The highest BCUT2D eigenvalue weighted by Gasteiger charge is 2.54. The lowest BCUT2D eigenvalue weighted by molar-refractivity contribution is 0.107. The van der Waals surface area contributed by atoms with Crippen molar-refractivity contribution >= 4 is 43.4 Å². The maximum Gasteiger partial charge on any atom is 0.303 e. The molecule has 0 aromatic rings. The molecule has 2 aliphatic rings. The summed E-state index contributed by atoms with van der Waals surface area (Å²) in [6.45, 7) is 0. The van der Waals surface area contributed by atoms with Crippen molar-refractivity contribution in [2.45, 2.75) is 9.87 Å². The Bertz CT molecular complexity index is 908. The van der Waals surface area contributed by atoms with Crippen molar-refractivity contribution in [1.82, 2.24) is 0 Å². The number of ether oxygens (including phenoxy) is 2. The first-order chi connectivity index (χ1) is 11.8. The van der Waals surface area contributed by atoms with Crippen molar-refractivity contribution in [2.75, 3.05) is 14.2 Å². The van der Waals surface area contributed by atoms with Gasteiger partial charge >= 0.3 is 20.2 Å². The van der Waals surface area contributed by atoms with Gasteiger partial charge in [-0.15, -0.1) is 0 Å². The zero-order valence-corrected chi connectivity index (χ0v) is 16.5. The summed E-state index contributed by atoms with van der Waals surface area (Å²) >= 11 is 11.7. The molecule has 2 atom stereocenters. The molecule has 2 aliphatic carbocycles. The Morgan fingerprint density at radius 3 is 1.31 bits per heavy atom. The van der Waals surface area contributed by atoms with Gasteiger partial charge < -0.3 is 9.47 Å². The molecular formula is C14H14Cl2O8S2. The summed E-state index contributed by atoms with van der Waals surface area (Å²) in [6.07, 6.45) is 6.53. The van der Waals surface area contributed by atoms with Crippen molar-refractivity contribution < 1.29 is 35.4 Å². The minimum absolute atomic E-state index is 0.0861. The molecule has 8 nitrogen and oxygen atoms in total. The average molecular weight is 445 g/mol. The Balaban J connectivity index is 3.02. The van der Waals surface area contributed by atoms with Crippen molar-refractivity contribution in [3.05, 3.63) is 57.7 Å². The fourth-order valence-electron chi connectivity index (χ4n) is 2.70. The van der Waals surface area contributed by atoms with Crippen LogP contribution < -0.4 is 0 Å². The summed E-state index contributed by atoms with van der Waals surface area (Å²) < 4.78 is 78.0. The van der Waals surface area contributed by atoms with Crippen LogP contribution in [0.1, 0.15) is 0 Å². The molecule has 0 aromatic heterocycles. The zero-order chi connectivity index (χ0) is 20.0. The molecule has 0 heterocycles. The summed E-state index contributed by atoms with van der Waals surface area (Å²) in [5, 5.41) is -0.172. The Morgan fingerprint density at radius 1 is 0.769 bits per heavy atom. The van der Waals surface area contributed by atoms with Gasteiger partial charge in [0.1, 0.15) is 0 Å². The molecule has 2 unspecified atom stereocenters. The fourth-order valence-corrected chi connectivity index (χ4v) is 5.15. The molecule has 0 fully saturated rings. The number of allylic oxidation sites excluding steroid dienone is 4. The van der Waals surface area contributed by atoms with Crippen LogP contribution in [0.15, 0.2) is 57.7 Å². The molecule has 0 spiro atoms. The van der Waals surface area contributed by atoms with E-state index in [1.54, 1.807) is 0 Å². The van der Waals surface area contributed by atoms with E-state index in [-0.39, 0.29) is 21.2 Å². The van der Waals surface area contributed by atoms with Crippen LogP contribution >= 0.6 is 23.2 Å². The van der Waals surface area contributed by atoms with Crippen LogP contribution in [0, 0.1) is 0 Å². The molecular weight excluding hydrogens is 431 g/mol. The van der Waals surface area contributed by atoms with E-state index in [0.29, 0.717) is 0 Å². The van der Waals surface area contributed by atoms with Gasteiger partial charge in [0, 0.05) is 35.4 Å². The topological polar surface area (TPSA) is 127 Å². The maximum absolute atomic E-state index is 12.1. The standard InChI is InChI=1S/C14H14Cl2O8S2/c1-23-13(25(17,18)19)7-9(15)3-5-11(13)12-6-4-10(16)8-14(12,24-2)26(20,21)22/h3-8H,1-2H3,(H,17,18,19)(H,20,21,22). The molecule has 12 heteroatoms. The van der Waals surface area contributed by atoms with Crippen LogP contribution in [-0.2, 0) is 29.7 Å². The number of methoxy groups -OCH3 is 2. The first-order valence-electron chi connectivity index (χ1n) is 6.77. The fraction of sp³-hybridized carbons (Fsp3) is 0.286. The third kappa shape index (κ3) is 3.20. The molecule has 2 N–H and O–H groups in total. The van der Waals surface area contributed by atoms with Gasteiger partial charge in [-0.3, -0.25) is 9.11 Å². The summed E-state index contributed by atoms with van der Waals surface area (Å²) in [5.41, 5.74) is -0.689. The second kappa shape index (κ2) is 6.88. The third-order valence-electron chi connectivity index (χ3n) is 3.89. The quantitative estimate of drug-likeness (QED) is 0.630. The van der Waals surface area contributed by atoms with Gasteiger partial charge in [0.15, 0.2) is 0 Å². The minimum atomic E-state index is -5.00. The molecule has 0 bridgehead atoms. The molecule has 26 heavy (non-hydrogen) atoms. The molecule has 0 amide bonds. The van der Waals surface area contributed by atoms with Gasteiger partial charge in [0.05, 0.1) is 0 Å². The predicted molar refractivity (Wildman–Crippen MR) is 95.8 cm³/mol. The summed E-state index contributed by atoms with van der Waals surface area (Å²) in [5.74, 6) is 0. The molecule has 2 rings (SSSR count). The molecule has 0 aromatic carbocycles. The second-order valence-corrected chi connectivity index (χ2v) is 9.23. The smallest absolute Gasteiger partial charge is 0.303 e. The van der Waals surface area contributed by atoms with Crippen LogP contribution in [0.2, 0.25) is 0 Å². The SMILES string of the molecule is COC1(S(=O)(=O)O)C=C(Cl)C=CC1=C1C=CC(Cl)=CC1(OC)S(=O)(=O)O. The first-order valence-corrected chi connectivity index (χ1v) is 10.4. The summed E-state index contributed by atoms with van der Waals surface area (Å²) in [6, 6.07) is 0. The Kier molecular flexibility index (Phi) is 5.64. The molecule has 0 aliphatic heterocycles. The maximum atomic E-state index is 12.1. The van der Waals surface area contributed by atoms with Gasteiger partial charge in [0.2, 0.25) is 9.87 Å². The summed E-state index contributed by atoms with van der Waals surface area (Å²) in [4.78, 5) is -5.07. The van der Waals surface area contributed by atoms with Gasteiger partial charge in [-0.05, 0) is 24.3 Å². The van der Waals surface area contributed by atoms with Crippen LogP contribution in [0.25, 0.3) is 0 Å². The normalized spacial score (nSPS) is 32.4. The van der Waals surface area contributed by atoms with Crippen molar-refractivity contribution in [3.8, 4) is 0 Å². The highest BCUT2D eigenvalue weighted by molar-refractivity contribution is 7.88. The van der Waals surface area contributed by atoms with Gasteiger partial charge in [-0.1, -0.05) is 35.4 Å².